The second-order valence-corrected chi connectivity index (χ2v) is 13.3. The summed E-state index contributed by atoms with van der Waals surface area (Å²) >= 11 is 0. The number of nitrogens with zero attached hydrogens (tertiary/aromatic N) is 3. The molecule has 2 saturated heterocycles. The van der Waals surface area contributed by atoms with Crippen LogP contribution in [0, 0.1) is 0 Å². The first-order valence-electron chi connectivity index (χ1n) is 13.6. The maximum Gasteiger partial charge on any atom is 0.317 e. The molecule has 2 amide bonds. The van der Waals surface area contributed by atoms with Crippen LogP contribution in [0.4, 0.5) is 4.79 Å². The molecular weight excluding hydrogens is 460 g/mol. The van der Waals surface area contributed by atoms with Gasteiger partial charge in [0.2, 0.25) is 0 Å². The Morgan fingerprint density at radius 2 is 1.31 bits per heavy atom. The van der Waals surface area contributed by atoms with E-state index < -0.39 is 22.2 Å². The molecule has 2 aliphatic heterocycles. The van der Waals surface area contributed by atoms with Gasteiger partial charge in [-0.05, 0) is 101 Å². The lowest BCUT2D eigenvalue weighted by molar-refractivity contribution is -0.250. The van der Waals surface area contributed by atoms with Gasteiger partial charge in [0.25, 0.3) is 0 Å². The van der Waals surface area contributed by atoms with Crippen LogP contribution >= 0.6 is 0 Å². The molecule has 2 rings (SSSR count). The van der Waals surface area contributed by atoms with Crippen LogP contribution in [0.5, 0.6) is 0 Å². The molecule has 0 aromatic carbocycles. The SMILES string of the molecule is CCOC(=O)CCCCCN(C(=O)NC1CC(C)(C)N(O)C(C)(C)C1)C1CC(C)(C)N(O)C(C)(C)C1. The van der Waals surface area contributed by atoms with Gasteiger partial charge >= 0.3 is 12.0 Å². The first-order valence-corrected chi connectivity index (χ1v) is 13.6. The average Bonchev–Trinajstić information content (AvgIpc) is 2.72. The molecule has 36 heavy (non-hydrogen) atoms. The molecule has 0 aromatic rings. The number of carbonyl (C=O) groups is 2. The third-order valence-corrected chi connectivity index (χ3v) is 7.87. The molecule has 3 N–H and O–H groups in total. The average molecular weight is 513 g/mol. The van der Waals surface area contributed by atoms with Crippen molar-refractivity contribution in [3.63, 3.8) is 0 Å². The van der Waals surface area contributed by atoms with Gasteiger partial charge in [0.05, 0.1) is 6.61 Å². The molecule has 0 aliphatic carbocycles. The molecule has 9 heteroatoms. The van der Waals surface area contributed by atoms with E-state index in [-0.39, 0.29) is 24.1 Å². The van der Waals surface area contributed by atoms with Crippen molar-refractivity contribution in [1.29, 1.82) is 0 Å². The topological polar surface area (TPSA) is 106 Å². The quantitative estimate of drug-likeness (QED) is 0.297. The molecule has 0 saturated carbocycles. The molecule has 0 spiro atoms. The summed E-state index contributed by atoms with van der Waals surface area (Å²) in [6, 6.07) is -0.176. The number of carbonyl (C=O) groups excluding carboxylic acids is 2. The Bertz CT molecular complexity index is 731. The highest BCUT2D eigenvalue weighted by molar-refractivity contribution is 5.75. The number of piperidine rings is 2. The van der Waals surface area contributed by atoms with E-state index in [1.165, 1.54) is 10.1 Å². The molecule has 0 bridgehead atoms. The van der Waals surface area contributed by atoms with Gasteiger partial charge in [-0.1, -0.05) is 6.42 Å². The molecule has 9 nitrogen and oxygen atoms in total. The van der Waals surface area contributed by atoms with E-state index in [1.54, 1.807) is 0 Å². The van der Waals surface area contributed by atoms with Crippen molar-refractivity contribution in [3.05, 3.63) is 0 Å². The lowest BCUT2D eigenvalue weighted by atomic mass is 9.78. The van der Waals surface area contributed by atoms with Crippen LogP contribution in [0.15, 0.2) is 0 Å². The molecule has 2 aliphatic rings. The minimum atomic E-state index is -0.471. The van der Waals surface area contributed by atoms with E-state index in [2.05, 4.69) is 5.32 Å². The summed E-state index contributed by atoms with van der Waals surface area (Å²) in [4.78, 5) is 27.4. The Kier molecular flexibility index (Phi) is 9.87. The number of urea groups is 1. The lowest BCUT2D eigenvalue weighted by Gasteiger charge is -2.54. The zero-order valence-electron chi connectivity index (χ0n) is 24.2. The fraction of sp³-hybridized carbons (Fsp3) is 0.926. The van der Waals surface area contributed by atoms with Gasteiger partial charge < -0.3 is 25.4 Å². The summed E-state index contributed by atoms with van der Waals surface area (Å²) in [5, 5.41) is 27.6. The highest BCUT2D eigenvalue weighted by Gasteiger charge is 2.49. The Morgan fingerprint density at radius 1 is 0.833 bits per heavy atom. The van der Waals surface area contributed by atoms with Gasteiger partial charge in [-0.3, -0.25) is 4.79 Å². The van der Waals surface area contributed by atoms with Crippen LogP contribution in [0.25, 0.3) is 0 Å². The van der Waals surface area contributed by atoms with Gasteiger partial charge in [-0.2, -0.15) is 10.1 Å². The van der Waals surface area contributed by atoms with Crippen molar-refractivity contribution in [2.75, 3.05) is 13.2 Å². The molecule has 0 unspecified atom stereocenters. The van der Waals surface area contributed by atoms with Crippen molar-refractivity contribution in [2.24, 2.45) is 0 Å². The number of nitrogens with one attached hydrogen (secondary N) is 1. The molecule has 0 aromatic heterocycles. The van der Waals surface area contributed by atoms with Crippen LogP contribution in [-0.4, -0.2) is 84.8 Å². The van der Waals surface area contributed by atoms with Crippen LogP contribution in [0.1, 0.15) is 114 Å². The van der Waals surface area contributed by atoms with Crippen LogP contribution in [0.2, 0.25) is 0 Å². The Balaban J connectivity index is 2.14. The molecule has 0 atom stereocenters. The fourth-order valence-electron chi connectivity index (χ4n) is 6.48. The maximum atomic E-state index is 13.8. The van der Waals surface area contributed by atoms with Crippen molar-refractivity contribution in [1.82, 2.24) is 20.3 Å². The van der Waals surface area contributed by atoms with Crippen LogP contribution in [-0.2, 0) is 9.53 Å². The largest absolute Gasteiger partial charge is 0.466 e. The number of ether oxygens (including phenoxy) is 1. The van der Waals surface area contributed by atoms with Gasteiger partial charge in [0.15, 0.2) is 0 Å². The third-order valence-electron chi connectivity index (χ3n) is 7.87. The van der Waals surface area contributed by atoms with E-state index >= 15 is 0 Å². The first-order chi connectivity index (χ1) is 16.4. The number of hydrogen-bond donors (Lipinski definition) is 3. The minimum absolute atomic E-state index is 0.0255. The monoisotopic (exact) mass is 512 g/mol. The standard InChI is InChI=1S/C27H52N4O5/c1-10-36-22(32)14-12-11-13-15-29(21-18-26(6,7)31(35)27(8,9)19-21)23(33)28-20-16-24(2,3)30(34)25(4,5)17-20/h20-21,34-35H,10-19H2,1-9H3,(H,28,33). The van der Waals surface area contributed by atoms with Crippen molar-refractivity contribution >= 4 is 12.0 Å². The Hall–Kier alpha value is -1.42. The zero-order chi connectivity index (χ0) is 27.5. The second-order valence-electron chi connectivity index (χ2n) is 13.3. The predicted octanol–water partition coefficient (Wildman–Crippen LogP) is 4.94. The number of esters is 1. The van der Waals surface area contributed by atoms with Crippen molar-refractivity contribution < 1.29 is 24.7 Å². The fourth-order valence-corrected chi connectivity index (χ4v) is 6.48. The summed E-state index contributed by atoms with van der Waals surface area (Å²) in [5.41, 5.74) is -1.85. The number of hydroxylamine groups is 4. The van der Waals surface area contributed by atoms with E-state index in [9.17, 15) is 20.0 Å². The normalized spacial score (nSPS) is 24.3. The highest BCUT2D eigenvalue weighted by Crippen LogP contribution is 2.40. The van der Waals surface area contributed by atoms with E-state index in [4.69, 9.17) is 4.74 Å². The zero-order valence-corrected chi connectivity index (χ0v) is 24.2. The minimum Gasteiger partial charge on any atom is -0.466 e. The summed E-state index contributed by atoms with van der Waals surface area (Å²) in [6.45, 7) is 18.8. The number of rotatable bonds is 9. The molecular formula is C27H52N4O5. The molecule has 0 radical (unpaired) electrons. The lowest BCUT2D eigenvalue weighted by Crippen LogP contribution is -2.66. The smallest absolute Gasteiger partial charge is 0.317 e. The summed E-state index contributed by atoms with van der Waals surface area (Å²) in [7, 11) is 0. The van der Waals surface area contributed by atoms with Crippen LogP contribution < -0.4 is 5.32 Å². The second kappa shape index (κ2) is 11.5. The number of amides is 2. The van der Waals surface area contributed by atoms with Gasteiger partial charge in [-0.25, -0.2) is 4.79 Å². The maximum absolute atomic E-state index is 13.8. The van der Waals surface area contributed by atoms with Crippen LogP contribution in [0.3, 0.4) is 0 Å². The highest BCUT2D eigenvalue weighted by atomic mass is 16.5. The first kappa shape index (κ1) is 30.8. The van der Waals surface area contributed by atoms with Crippen molar-refractivity contribution in [3.8, 4) is 0 Å². The van der Waals surface area contributed by atoms with Gasteiger partial charge in [0.1, 0.15) is 0 Å². The van der Waals surface area contributed by atoms with E-state index in [1.807, 2.05) is 67.2 Å². The number of unbranched alkanes of at least 4 members (excludes halogenated alkanes) is 2. The third kappa shape index (κ3) is 7.55. The Labute approximate surface area is 218 Å². The molecule has 2 fully saturated rings. The number of hydrogen-bond acceptors (Lipinski definition) is 7. The summed E-state index contributed by atoms with van der Waals surface area (Å²) < 4.78 is 5.02. The summed E-state index contributed by atoms with van der Waals surface area (Å²) in [5.74, 6) is -0.175. The predicted molar refractivity (Wildman–Crippen MR) is 140 cm³/mol. The molecule has 210 valence electrons. The van der Waals surface area contributed by atoms with E-state index in [0.29, 0.717) is 45.3 Å². The molecule has 2 heterocycles. The Morgan fingerprint density at radius 3 is 1.78 bits per heavy atom. The van der Waals surface area contributed by atoms with Gasteiger partial charge in [0, 0.05) is 47.2 Å². The van der Waals surface area contributed by atoms with Gasteiger partial charge in [-0.15, -0.1) is 0 Å². The van der Waals surface area contributed by atoms with Crippen molar-refractivity contribution in [2.45, 2.75) is 148 Å². The summed E-state index contributed by atoms with van der Waals surface area (Å²) in [6.07, 6.45) is 5.38. The van der Waals surface area contributed by atoms with E-state index in [0.717, 1.165) is 19.3 Å².